The van der Waals surface area contributed by atoms with Gasteiger partial charge in [0.15, 0.2) is 11.5 Å². The van der Waals surface area contributed by atoms with E-state index in [1.807, 2.05) is 18.2 Å². The van der Waals surface area contributed by atoms with Crippen LogP contribution in [-0.2, 0) is 13.2 Å². The highest BCUT2D eigenvalue weighted by Crippen LogP contribution is 2.29. The molecule has 0 aliphatic heterocycles. The molecule has 3 nitrogen and oxygen atoms in total. The monoisotopic (exact) mass is 387 g/mol. The number of halogens is 3. The fraction of sp³-hybridized carbons (Fsp3) is 0.368. The van der Waals surface area contributed by atoms with E-state index in [9.17, 15) is 4.39 Å². The summed E-state index contributed by atoms with van der Waals surface area (Å²) < 4.78 is 24.3. The maximum absolute atomic E-state index is 13.1. The Bertz CT molecular complexity index is 682. The molecule has 0 bridgehead atoms. The van der Waals surface area contributed by atoms with Gasteiger partial charge in [-0.05, 0) is 43.2 Å². The first-order chi connectivity index (χ1) is 11.5. The number of hydrogen-bond donors (Lipinski definition) is 1. The van der Waals surface area contributed by atoms with Crippen molar-refractivity contribution in [2.45, 2.75) is 39.5 Å². The SMILES string of the molecule is CCC(C)NCc1ccc(OCc2ccc(F)cc2Cl)c(OC)c1.Cl. The zero-order chi connectivity index (χ0) is 17.5. The number of hydrogen-bond acceptors (Lipinski definition) is 3. The van der Waals surface area contributed by atoms with Crippen molar-refractivity contribution in [3.63, 3.8) is 0 Å². The molecular formula is C19H24Cl2FNO2. The van der Waals surface area contributed by atoms with Gasteiger partial charge < -0.3 is 14.8 Å². The van der Waals surface area contributed by atoms with E-state index in [0.717, 1.165) is 24.1 Å². The third-order valence-electron chi connectivity index (χ3n) is 3.89. The van der Waals surface area contributed by atoms with Gasteiger partial charge in [0.25, 0.3) is 0 Å². The molecule has 25 heavy (non-hydrogen) atoms. The minimum Gasteiger partial charge on any atom is -0.493 e. The van der Waals surface area contributed by atoms with Crippen LogP contribution in [-0.4, -0.2) is 13.2 Å². The first-order valence-electron chi connectivity index (χ1n) is 8.00. The lowest BCUT2D eigenvalue weighted by Crippen LogP contribution is -2.24. The van der Waals surface area contributed by atoms with E-state index in [4.69, 9.17) is 21.1 Å². The summed E-state index contributed by atoms with van der Waals surface area (Å²) in [5.41, 5.74) is 1.85. The van der Waals surface area contributed by atoms with Crippen molar-refractivity contribution < 1.29 is 13.9 Å². The van der Waals surface area contributed by atoms with Crippen LogP contribution in [0.15, 0.2) is 36.4 Å². The molecule has 1 N–H and O–H groups in total. The zero-order valence-electron chi connectivity index (χ0n) is 14.6. The number of rotatable bonds is 8. The van der Waals surface area contributed by atoms with Gasteiger partial charge in [-0.15, -0.1) is 12.4 Å². The summed E-state index contributed by atoms with van der Waals surface area (Å²) in [4.78, 5) is 0. The lowest BCUT2D eigenvalue weighted by atomic mass is 10.1. The molecule has 0 aliphatic rings. The van der Waals surface area contributed by atoms with E-state index in [1.54, 1.807) is 13.2 Å². The molecule has 2 aromatic rings. The highest BCUT2D eigenvalue weighted by atomic mass is 35.5. The standard InChI is InChI=1S/C19H23ClFNO2.ClH/c1-4-13(2)22-11-14-5-8-18(19(9-14)23-3)24-12-15-6-7-16(21)10-17(15)20;/h5-10,13,22H,4,11-12H2,1-3H3;1H. The van der Waals surface area contributed by atoms with Crippen molar-refractivity contribution in [1.82, 2.24) is 5.32 Å². The van der Waals surface area contributed by atoms with Gasteiger partial charge in [-0.3, -0.25) is 0 Å². The Morgan fingerprint density at radius 3 is 2.56 bits per heavy atom. The number of benzene rings is 2. The van der Waals surface area contributed by atoms with Crippen LogP contribution in [0.2, 0.25) is 5.02 Å². The van der Waals surface area contributed by atoms with Gasteiger partial charge in [0.05, 0.1) is 12.1 Å². The van der Waals surface area contributed by atoms with Crippen molar-refractivity contribution >= 4 is 24.0 Å². The summed E-state index contributed by atoms with van der Waals surface area (Å²) in [5, 5.41) is 3.79. The van der Waals surface area contributed by atoms with Gasteiger partial charge in [0.2, 0.25) is 0 Å². The Morgan fingerprint density at radius 2 is 1.92 bits per heavy atom. The highest BCUT2D eigenvalue weighted by Gasteiger charge is 2.09. The molecular weight excluding hydrogens is 364 g/mol. The molecule has 1 atom stereocenters. The fourth-order valence-corrected chi connectivity index (χ4v) is 2.39. The Kier molecular flexibility index (Phi) is 9.04. The van der Waals surface area contributed by atoms with Gasteiger partial charge in [-0.25, -0.2) is 4.39 Å². The van der Waals surface area contributed by atoms with Crippen LogP contribution in [0.3, 0.4) is 0 Å². The molecule has 0 saturated carbocycles. The van der Waals surface area contributed by atoms with Crippen molar-refractivity contribution in [2.24, 2.45) is 0 Å². The van der Waals surface area contributed by atoms with Gasteiger partial charge in [-0.1, -0.05) is 30.7 Å². The maximum atomic E-state index is 13.1. The molecule has 0 radical (unpaired) electrons. The van der Waals surface area contributed by atoms with Crippen LogP contribution in [0.5, 0.6) is 11.5 Å². The Morgan fingerprint density at radius 1 is 1.16 bits per heavy atom. The van der Waals surface area contributed by atoms with Crippen LogP contribution < -0.4 is 14.8 Å². The van der Waals surface area contributed by atoms with Crippen molar-refractivity contribution in [3.05, 3.63) is 58.4 Å². The van der Waals surface area contributed by atoms with Crippen LogP contribution in [0.1, 0.15) is 31.4 Å². The summed E-state index contributed by atoms with van der Waals surface area (Å²) in [6.45, 7) is 5.33. The lowest BCUT2D eigenvalue weighted by molar-refractivity contribution is 0.284. The second kappa shape index (κ2) is 10.5. The van der Waals surface area contributed by atoms with E-state index < -0.39 is 0 Å². The predicted octanol–water partition coefficient (Wildman–Crippen LogP) is 5.38. The normalized spacial score (nSPS) is 11.6. The minimum absolute atomic E-state index is 0. The molecule has 2 rings (SSSR count). The molecule has 0 amide bonds. The molecule has 0 spiro atoms. The minimum atomic E-state index is -0.362. The van der Waals surface area contributed by atoms with Crippen molar-refractivity contribution in [2.75, 3.05) is 7.11 Å². The molecule has 0 heterocycles. The number of methoxy groups -OCH3 is 1. The van der Waals surface area contributed by atoms with Gasteiger partial charge in [0, 0.05) is 18.2 Å². The van der Waals surface area contributed by atoms with E-state index in [2.05, 4.69) is 19.2 Å². The van der Waals surface area contributed by atoms with E-state index in [0.29, 0.717) is 22.6 Å². The summed E-state index contributed by atoms with van der Waals surface area (Å²) >= 11 is 6.02. The van der Waals surface area contributed by atoms with E-state index >= 15 is 0 Å². The predicted molar refractivity (Wildman–Crippen MR) is 103 cm³/mol. The molecule has 0 fully saturated rings. The first-order valence-corrected chi connectivity index (χ1v) is 8.38. The van der Waals surface area contributed by atoms with E-state index in [-0.39, 0.29) is 24.8 Å². The molecule has 0 aliphatic carbocycles. The summed E-state index contributed by atoms with van der Waals surface area (Å²) in [6.07, 6.45) is 1.08. The third kappa shape index (κ3) is 6.38. The maximum Gasteiger partial charge on any atom is 0.161 e. The van der Waals surface area contributed by atoms with Crippen LogP contribution in [0, 0.1) is 5.82 Å². The molecule has 138 valence electrons. The van der Waals surface area contributed by atoms with Crippen LogP contribution in [0.4, 0.5) is 4.39 Å². The quantitative estimate of drug-likeness (QED) is 0.659. The third-order valence-corrected chi connectivity index (χ3v) is 4.25. The summed E-state index contributed by atoms with van der Waals surface area (Å²) in [5.74, 6) is 0.932. The van der Waals surface area contributed by atoms with Gasteiger partial charge in [-0.2, -0.15) is 0 Å². The summed E-state index contributed by atoms with van der Waals surface area (Å²) in [7, 11) is 1.61. The largest absolute Gasteiger partial charge is 0.493 e. The van der Waals surface area contributed by atoms with Gasteiger partial charge in [0.1, 0.15) is 12.4 Å². The molecule has 1 unspecified atom stereocenters. The molecule has 2 aromatic carbocycles. The van der Waals surface area contributed by atoms with E-state index in [1.165, 1.54) is 12.1 Å². The van der Waals surface area contributed by atoms with Crippen LogP contribution >= 0.6 is 24.0 Å². The average Bonchev–Trinajstić information content (AvgIpc) is 2.59. The van der Waals surface area contributed by atoms with Crippen molar-refractivity contribution in [1.29, 1.82) is 0 Å². The molecule has 6 heteroatoms. The van der Waals surface area contributed by atoms with Gasteiger partial charge >= 0.3 is 0 Å². The van der Waals surface area contributed by atoms with Crippen molar-refractivity contribution in [3.8, 4) is 11.5 Å². The second-order valence-corrected chi connectivity index (χ2v) is 6.11. The number of nitrogens with one attached hydrogen (secondary N) is 1. The zero-order valence-corrected chi connectivity index (χ0v) is 16.2. The molecule has 0 saturated heterocycles. The topological polar surface area (TPSA) is 30.5 Å². The first kappa shape index (κ1) is 21.6. The summed E-state index contributed by atoms with van der Waals surface area (Å²) in [6, 6.07) is 10.6. The average molecular weight is 388 g/mol. The Balaban J connectivity index is 0.00000312. The second-order valence-electron chi connectivity index (χ2n) is 5.70. The smallest absolute Gasteiger partial charge is 0.161 e. The Labute approximate surface area is 159 Å². The lowest BCUT2D eigenvalue weighted by Gasteiger charge is -2.15. The van der Waals surface area contributed by atoms with Crippen LogP contribution in [0.25, 0.3) is 0 Å². The molecule has 0 aromatic heterocycles. The fourth-order valence-electron chi connectivity index (χ4n) is 2.17. The number of ether oxygens (including phenoxy) is 2. The Hall–Kier alpha value is -1.49. The highest BCUT2D eigenvalue weighted by molar-refractivity contribution is 6.31.